The van der Waals surface area contributed by atoms with Crippen molar-refractivity contribution >= 4 is 44.6 Å². The van der Waals surface area contributed by atoms with Gasteiger partial charge in [-0.3, -0.25) is 9.10 Å². The van der Waals surface area contributed by atoms with Crippen molar-refractivity contribution in [3.63, 3.8) is 0 Å². The van der Waals surface area contributed by atoms with Crippen molar-refractivity contribution in [3.05, 3.63) is 51.2 Å². The summed E-state index contributed by atoms with van der Waals surface area (Å²) in [5.74, 6) is 0.0543. The van der Waals surface area contributed by atoms with Crippen LogP contribution in [-0.4, -0.2) is 43.9 Å². The first-order chi connectivity index (χ1) is 11.7. The molecule has 1 atom stereocenters. The first-order valence-electron chi connectivity index (χ1n) is 7.76. The number of allylic oxidation sites excluding steroid dienone is 1. The summed E-state index contributed by atoms with van der Waals surface area (Å²) in [6.45, 7) is 2.29. The Kier molecular flexibility index (Phi) is 4.99. The molecule has 134 valence electrons. The summed E-state index contributed by atoms with van der Waals surface area (Å²) in [6.07, 6.45) is 3.28. The fraction of sp³-hybridized carbons (Fsp3) is 0.353. The Balaban J connectivity index is 2.13. The summed E-state index contributed by atoms with van der Waals surface area (Å²) < 4.78 is 25.5. The van der Waals surface area contributed by atoms with Crippen LogP contribution in [-0.2, 0) is 14.8 Å². The lowest BCUT2D eigenvalue weighted by Crippen LogP contribution is -2.44. The Morgan fingerprint density at radius 2 is 2.04 bits per heavy atom. The predicted octanol–water partition coefficient (Wildman–Crippen LogP) is 2.86. The molecule has 0 aromatic heterocycles. The highest BCUT2D eigenvalue weighted by Crippen LogP contribution is 2.39. The molecule has 0 amide bonds. The zero-order chi connectivity index (χ0) is 18.4. The summed E-state index contributed by atoms with van der Waals surface area (Å²) >= 11 is 12.3. The number of sulfonamides is 1. The minimum Gasteiger partial charge on any atom is -0.303 e. The lowest BCUT2D eigenvalue weighted by Gasteiger charge is -2.35. The molecular formula is C17H18Cl2N2O3S. The number of nitrogens with one attached hydrogen (secondary N) is 1. The molecule has 0 fully saturated rings. The van der Waals surface area contributed by atoms with E-state index >= 15 is 0 Å². The Hall–Kier alpha value is -1.34. The van der Waals surface area contributed by atoms with Crippen molar-refractivity contribution in [2.24, 2.45) is 0 Å². The average Bonchev–Trinajstić information content (AvgIpc) is 2.52. The van der Waals surface area contributed by atoms with Gasteiger partial charge in [0.2, 0.25) is 10.0 Å². The Morgan fingerprint density at radius 3 is 2.64 bits per heavy atom. The molecule has 1 N–H and O–H groups in total. The quantitative estimate of drug-likeness (QED) is 0.846. The number of benzene rings is 1. The number of halogens is 2. The highest BCUT2D eigenvalue weighted by molar-refractivity contribution is 7.88. The maximum atomic E-state index is 12.1. The van der Waals surface area contributed by atoms with E-state index in [-0.39, 0.29) is 18.4 Å². The molecule has 1 unspecified atom stereocenters. The molecule has 0 aliphatic carbocycles. The Labute approximate surface area is 157 Å². The fourth-order valence-electron chi connectivity index (χ4n) is 3.12. The molecule has 25 heavy (non-hydrogen) atoms. The summed E-state index contributed by atoms with van der Waals surface area (Å²) in [5, 5.41) is 4.12. The maximum absolute atomic E-state index is 12.1. The molecule has 2 aliphatic heterocycles. The van der Waals surface area contributed by atoms with Gasteiger partial charge in [-0.05, 0) is 36.6 Å². The van der Waals surface area contributed by atoms with Gasteiger partial charge in [-0.15, -0.1) is 0 Å². The summed E-state index contributed by atoms with van der Waals surface area (Å²) in [5.41, 5.74) is 3.35. The van der Waals surface area contributed by atoms with Crippen LogP contribution < -0.4 is 5.32 Å². The van der Waals surface area contributed by atoms with Crippen LogP contribution in [0, 0.1) is 0 Å². The summed E-state index contributed by atoms with van der Waals surface area (Å²) in [6, 6.07) is 4.84. The lowest BCUT2D eigenvalue weighted by molar-refractivity contribution is -0.119. The number of Topliss-reactive ketones (excluding diaryl/α,β-unsaturated/α-hetero) is 1. The van der Waals surface area contributed by atoms with Crippen LogP contribution in [0.3, 0.4) is 0 Å². The molecule has 2 aliphatic rings. The summed E-state index contributed by atoms with van der Waals surface area (Å²) in [4.78, 5) is 11.8. The SMILES string of the molecule is CC(=O)C1CC2=C(CN1)CN(S(C)(=O)=O)C=C2c1ccc(Cl)cc1Cl. The molecule has 0 radical (unpaired) electrons. The van der Waals surface area contributed by atoms with Crippen molar-refractivity contribution in [1.29, 1.82) is 0 Å². The lowest BCUT2D eigenvalue weighted by atomic mass is 9.84. The van der Waals surface area contributed by atoms with Crippen LogP contribution in [0.1, 0.15) is 18.9 Å². The topological polar surface area (TPSA) is 66.5 Å². The molecule has 3 rings (SSSR count). The number of ketones is 1. The van der Waals surface area contributed by atoms with E-state index < -0.39 is 10.0 Å². The third-order valence-corrected chi connectivity index (χ3v) is 6.11. The van der Waals surface area contributed by atoms with E-state index in [0.717, 1.165) is 16.7 Å². The molecule has 0 saturated carbocycles. The van der Waals surface area contributed by atoms with Crippen molar-refractivity contribution in [2.45, 2.75) is 19.4 Å². The van der Waals surface area contributed by atoms with E-state index in [1.807, 2.05) is 0 Å². The van der Waals surface area contributed by atoms with Crippen molar-refractivity contribution in [3.8, 4) is 0 Å². The van der Waals surface area contributed by atoms with Gasteiger partial charge in [0.05, 0.1) is 18.8 Å². The molecule has 5 nitrogen and oxygen atoms in total. The second-order valence-electron chi connectivity index (χ2n) is 6.31. The minimum absolute atomic E-state index is 0.0543. The molecule has 2 heterocycles. The number of hydrogen-bond acceptors (Lipinski definition) is 4. The smallest absolute Gasteiger partial charge is 0.232 e. The zero-order valence-corrected chi connectivity index (χ0v) is 16.2. The van der Waals surface area contributed by atoms with Gasteiger partial charge in [-0.2, -0.15) is 0 Å². The number of carbonyl (C=O) groups is 1. The van der Waals surface area contributed by atoms with E-state index in [1.165, 1.54) is 10.6 Å². The largest absolute Gasteiger partial charge is 0.303 e. The molecule has 1 aromatic carbocycles. The number of nitrogens with zero attached hydrogens (tertiary/aromatic N) is 1. The highest BCUT2D eigenvalue weighted by atomic mass is 35.5. The second kappa shape index (κ2) is 6.76. The summed E-state index contributed by atoms with van der Waals surface area (Å²) in [7, 11) is -3.41. The second-order valence-corrected chi connectivity index (χ2v) is 9.08. The maximum Gasteiger partial charge on any atom is 0.232 e. The van der Waals surface area contributed by atoms with E-state index in [4.69, 9.17) is 23.2 Å². The van der Waals surface area contributed by atoms with Gasteiger partial charge < -0.3 is 5.32 Å². The van der Waals surface area contributed by atoms with Gasteiger partial charge in [0.25, 0.3) is 0 Å². The Bertz CT molecular complexity index is 906. The van der Waals surface area contributed by atoms with E-state index in [0.29, 0.717) is 28.6 Å². The van der Waals surface area contributed by atoms with Gasteiger partial charge >= 0.3 is 0 Å². The van der Waals surface area contributed by atoms with Crippen LogP contribution in [0.15, 0.2) is 35.5 Å². The molecule has 1 aromatic rings. The first-order valence-corrected chi connectivity index (χ1v) is 10.4. The van der Waals surface area contributed by atoms with Crippen LogP contribution in [0.25, 0.3) is 5.57 Å². The van der Waals surface area contributed by atoms with Crippen LogP contribution in [0.5, 0.6) is 0 Å². The van der Waals surface area contributed by atoms with Crippen LogP contribution >= 0.6 is 23.2 Å². The first kappa shape index (κ1) is 18.5. The minimum atomic E-state index is -3.41. The average molecular weight is 401 g/mol. The number of rotatable bonds is 3. The number of carbonyl (C=O) groups excluding carboxylic acids is 1. The molecule has 8 heteroatoms. The van der Waals surface area contributed by atoms with Crippen molar-refractivity contribution in [2.75, 3.05) is 19.3 Å². The number of hydrogen-bond donors (Lipinski definition) is 1. The van der Waals surface area contributed by atoms with Crippen LogP contribution in [0.2, 0.25) is 10.0 Å². The fourth-order valence-corrected chi connectivity index (χ4v) is 4.32. The van der Waals surface area contributed by atoms with E-state index in [1.54, 1.807) is 31.3 Å². The standard InChI is InChI=1S/C17H18Cl2N2O3S/c1-10(22)17-6-14-11(7-20-17)8-21(25(2,23)24)9-15(14)13-4-3-12(18)5-16(13)19/h3-5,9,17,20H,6-8H2,1-2H3. The predicted molar refractivity (Wildman–Crippen MR) is 100 cm³/mol. The molecule has 0 saturated heterocycles. The van der Waals surface area contributed by atoms with Gasteiger partial charge in [-0.25, -0.2) is 8.42 Å². The third kappa shape index (κ3) is 3.77. The third-order valence-electron chi connectivity index (χ3n) is 4.48. The normalized spacial score (nSPS) is 21.0. The zero-order valence-electron chi connectivity index (χ0n) is 13.8. The molecule has 0 bridgehead atoms. The van der Waals surface area contributed by atoms with Crippen molar-refractivity contribution < 1.29 is 13.2 Å². The van der Waals surface area contributed by atoms with Crippen LogP contribution in [0.4, 0.5) is 0 Å². The van der Waals surface area contributed by atoms with Gasteiger partial charge in [-0.1, -0.05) is 29.3 Å². The van der Waals surface area contributed by atoms with E-state index in [2.05, 4.69) is 5.32 Å². The Morgan fingerprint density at radius 1 is 1.32 bits per heavy atom. The molecular weight excluding hydrogens is 383 g/mol. The molecule has 0 spiro atoms. The van der Waals surface area contributed by atoms with Gasteiger partial charge in [0.1, 0.15) is 5.78 Å². The van der Waals surface area contributed by atoms with Gasteiger partial charge in [0.15, 0.2) is 0 Å². The van der Waals surface area contributed by atoms with Crippen molar-refractivity contribution in [1.82, 2.24) is 9.62 Å². The van der Waals surface area contributed by atoms with E-state index in [9.17, 15) is 13.2 Å². The van der Waals surface area contributed by atoms with Gasteiger partial charge in [0, 0.05) is 33.9 Å². The highest BCUT2D eigenvalue weighted by Gasteiger charge is 2.32. The monoisotopic (exact) mass is 400 g/mol.